The Balaban J connectivity index is 2.14. The second-order valence-corrected chi connectivity index (χ2v) is 6.96. The van der Waals surface area contributed by atoms with Crippen molar-refractivity contribution in [3.05, 3.63) is 28.8 Å². The number of rotatable bonds is 3. The lowest BCUT2D eigenvalue weighted by Crippen LogP contribution is -2.18. The quantitative estimate of drug-likeness (QED) is 0.805. The molecule has 1 fully saturated rings. The third-order valence-corrected chi connectivity index (χ3v) is 4.91. The zero-order valence-electron chi connectivity index (χ0n) is 9.03. The van der Waals surface area contributed by atoms with Gasteiger partial charge in [0.1, 0.15) is 11.9 Å². The standard InChI is InChI=1S/C11H12Cl2O3S/c12-6-8-5-9(13)1-2-11(8)16-10-3-4-17(14,15)7-10/h1-2,5,10H,3-4,6-7H2. The van der Waals surface area contributed by atoms with E-state index < -0.39 is 9.84 Å². The molecule has 0 aliphatic carbocycles. The van der Waals surface area contributed by atoms with Gasteiger partial charge in [-0.15, -0.1) is 11.6 Å². The van der Waals surface area contributed by atoms with Crippen LogP contribution in [-0.2, 0) is 15.7 Å². The molecule has 2 rings (SSSR count). The van der Waals surface area contributed by atoms with Gasteiger partial charge >= 0.3 is 0 Å². The fourth-order valence-corrected chi connectivity index (χ4v) is 3.79. The van der Waals surface area contributed by atoms with Crippen molar-refractivity contribution in [1.82, 2.24) is 0 Å². The lowest BCUT2D eigenvalue weighted by Gasteiger charge is -2.14. The summed E-state index contributed by atoms with van der Waals surface area (Å²) in [6.45, 7) is 0. The summed E-state index contributed by atoms with van der Waals surface area (Å²) in [5.41, 5.74) is 0.781. The number of hydrogen-bond acceptors (Lipinski definition) is 3. The van der Waals surface area contributed by atoms with Gasteiger partial charge in [0.15, 0.2) is 9.84 Å². The molecule has 0 bridgehead atoms. The predicted octanol–water partition coefficient (Wildman–Crippen LogP) is 2.64. The molecular weight excluding hydrogens is 283 g/mol. The minimum Gasteiger partial charge on any atom is -0.489 e. The molecule has 3 nitrogen and oxygen atoms in total. The molecular formula is C11H12Cl2O3S. The van der Waals surface area contributed by atoms with Crippen LogP contribution in [0.2, 0.25) is 5.02 Å². The van der Waals surface area contributed by atoms with Crippen molar-refractivity contribution in [3.8, 4) is 5.75 Å². The van der Waals surface area contributed by atoms with Crippen molar-refractivity contribution in [2.45, 2.75) is 18.4 Å². The molecule has 0 spiro atoms. The third kappa shape index (κ3) is 3.27. The maximum atomic E-state index is 11.3. The lowest BCUT2D eigenvalue weighted by atomic mass is 10.2. The molecule has 1 aromatic carbocycles. The Kier molecular flexibility index (Phi) is 3.85. The zero-order valence-corrected chi connectivity index (χ0v) is 11.4. The molecule has 0 saturated carbocycles. The van der Waals surface area contributed by atoms with Gasteiger partial charge in [-0.3, -0.25) is 0 Å². The molecule has 1 aliphatic rings. The molecule has 1 atom stereocenters. The first kappa shape index (κ1) is 13.0. The van der Waals surface area contributed by atoms with Crippen LogP contribution in [0.4, 0.5) is 0 Å². The Morgan fingerprint density at radius 2 is 2.18 bits per heavy atom. The monoisotopic (exact) mass is 294 g/mol. The van der Waals surface area contributed by atoms with Gasteiger partial charge in [-0.25, -0.2) is 8.42 Å². The Morgan fingerprint density at radius 3 is 2.76 bits per heavy atom. The van der Waals surface area contributed by atoms with E-state index in [4.69, 9.17) is 27.9 Å². The fourth-order valence-electron chi connectivity index (χ4n) is 1.80. The average molecular weight is 295 g/mol. The van der Waals surface area contributed by atoms with Crippen LogP contribution in [-0.4, -0.2) is 26.0 Å². The summed E-state index contributed by atoms with van der Waals surface area (Å²) in [5.74, 6) is 1.18. The molecule has 1 unspecified atom stereocenters. The van der Waals surface area contributed by atoms with Gasteiger partial charge in [-0.2, -0.15) is 0 Å². The van der Waals surface area contributed by atoms with Gasteiger partial charge in [-0.05, 0) is 24.6 Å². The van der Waals surface area contributed by atoms with Gasteiger partial charge in [0.2, 0.25) is 0 Å². The van der Waals surface area contributed by atoms with Crippen molar-refractivity contribution in [3.63, 3.8) is 0 Å². The van der Waals surface area contributed by atoms with E-state index in [0.717, 1.165) is 5.56 Å². The second-order valence-electron chi connectivity index (χ2n) is 4.03. The minimum absolute atomic E-state index is 0.0807. The first-order valence-corrected chi connectivity index (χ1v) is 7.95. The molecule has 1 aliphatic heterocycles. The van der Waals surface area contributed by atoms with E-state index in [9.17, 15) is 8.42 Å². The van der Waals surface area contributed by atoms with E-state index >= 15 is 0 Å². The van der Waals surface area contributed by atoms with Crippen molar-refractivity contribution >= 4 is 33.0 Å². The van der Waals surface area contributed by atoms with E-state index in [1.54, 1.807) is 18.2 Å². The summed E-state index contributed by atoms with van der Waals surface area (Å²) >= 11 is 11.6. The number of ether oxygens (including phenoxy) is 1. The molecule has 0 amide bonds. The van der Waals surface area contributed by atoms with Gasteiger partial charge in [0.05, 0.1) is 17.4 Å². The lowest BCUT2D eigenvalue weighted by molar-refractivity contribution is 0.227. The number of benzene rings is 1. The van der Waals surface area contributed by atoms with Gasteiger partial charge < -0.3 is 4.74 Å². The highest BCUT2D eigenvalue weighted by atomic mass is 35.5. The number of hydrogen-bond donors (Lipinski definition) is 0. The Labute approximate surface area is 111 Å². The number of sulfone groups is 1. The van der Waals surface area contributed by atoms with Gasteiger partial charge in [0.25, 0.3) is 0 Å². The minimum atomic E-state index is -2.93. The molecule has 17 heavy (non-hydrogen) atoms. The van der Waals surface area contributed by atoms with E-state index in [1.807, 2.05) is 0 Å². The predicted molar refractivity (Wildman–Crippen MR) is 68.7 cm³/mol. The van der Waals surface area contributed by atoms with Crippen LogP contribution in [0.15, 0.2) is 18.2 Å². The van der Waals surface area contributed by atoms with Crippen LogP contribution < -0.4 is 4.74 Å². The average Bonchev–Trinajstić information content (AvgIpc) is 2.61. The Morgan fingerprint density at radius 1 is 1.41 bits per heavy atom. The van der Waals surface area contributed by atoms with Crippen LogP contribution in [0, 0.1) is 0 Å². The van der Waals surface area contributed by atoms with Crippen molar-refractivity contribution < 1.29 is 13.2 Å². The molecule has 0 radical (unpaired) electrons. The molecule has 1 heterocycles. The Hall–Kier alpha value is -0.450. The highest BCUT2D eigenvalue weighted by Crippen LogP contribution is 2.27. The molecule has 6 heteroatoms. The van der Waals surface area contributed by atoms with E-state index in [2.05, 4.69) is 0 Å². The topological polar surface area (TPSA) is 43.4 Å². The SMILES string of the molecule is O=S1(=O)CCC(Oc2ccc(Cl)cc2CCl)C1. The van der Waals surface area contributed by atoms with Crippen molar-refractivity contribution in [2.75, 3.05) is 11.5 Å². The summed E-state index contributed by atoms with van der Waals surface area (Å²) in [4.78, 5) is 0. The zero-order chi connectivity index (χ0) is 12.5. The van der Waals surface area contributed by atoms with E-state index in [0.29, 0.717) is 17.2 Å². The molecule has 1 aromatic rings. The Bertz CT molecular complexity index is 513. The van der Waals surface area contributed by atoms with Crippen LogP contribution in [0.1, 0.15) is 12.0 Å². The first-order valence-electron chi connectivity index (χ1n) is 5.21. The highest BCUT2D eigenvalue weighted by molar-refractivity contribution is 7.91. The molecule has 94 valence electrons. The number of halogens is 2. The van der Waals surface area contributed by atoms with Crippen LogP contribution in [0.3, 0.4) is 0 Å². The summed E-state index contributed by atoms with van der Waals surface area (Å²) in [5, 5.41) is 0.590. The molecule has 0 N–H and O–H groups in total. The van der Waals surface area contributed by atoms with Gasteiger partial charge in [-0.1, -0.05) is 11.6 Å². The first-order chi connectivity index (χ1) is 8.00. The summed E-state index contributed by atoms with van der Waals surface area (Å²) < 4.78 is 28.3. The second kappa shape index (κ2) is 5.04. The normalized spacial score (nSPS) is 22.6. The van der Waals surface area contributed by atoms with E-state index in [-0.39, 0.29) is 23.5 Å². The number of alkyl halides is 1. The summed E-state index contributed by atoms with van der Waals surface area (Å²) in [7, 11) is -2.93. The fraction of sp³-hybridized carbons (Fsp3) is 0.455. The molecule has 0 aromatic heterocycles. The molecule has 1 saturated heterocycles. The summed E-state index contributed by atoms with van der Waals surface area (Å²) in [6.07, 6.45) is 0.260. The van der Waals surface area contributed by atoms with Crippen LogP contribution in [0.25, 0.3) is 0 Å². The maximum absolute atomic E-state index is 11.3. The van der Waals surface area contributed by atoms with Crippen LogP contribution in [0.5, 0.6) is 5.75 Å². The van der Waals surface area contributed by atoms with E-state index in [1.165, 1.54) is 0 Å². The smallest absolute Gasteiger partial charge is 0.154 e. The van der Waals surface area contributed by atoms with Crippen molar-refractivity contribution in [2.24, 2.45) is 0 Å². The van der Waals surface area contributed by atoms with Gasteiger partial charge in [0, 0.05) is 10.6 Å². The third-order valence-electron chi connectivity index (χ3n) is 2.65. The van der Waals surface area contributed by atoms with Crippen molar-refractivity contribution in [1.29, 1.82) is 0 Å². The maximum Gasteiger partial charge on any atom is 0.154 e. The van der Waals surface area contributed by atoms with Crippen LogP contribution >= 0.6 is 23.2 Å². The summed E-state index contributed by atoms with van der Waals surface area (Å²) in [6, 6.07) is 5.16. The highest BCUT2D eigenvalue weighted by Gasteiger charge is 2.29. The largest absolute Gasteiger partial charge is 0.489 e.